The van der Waals surface area contributed by atoms with Crippen LogP contribution in [0.3, 0.4) is 0 Å². The summed E-state index contributed by atoms with van der Waals surface area (Å²) in [5.41, 5.74) is 4.00. The molecule has 1 amide bonds. The minimum absolute atomic E-state index is 0.0927. The molecule has 1 aliphatic heterocycles. The van der Waals surface area contributed by atoms with Crippen LogP contribution in [0, 0.1) is 5.92 Å². The number of hydrogen-bond acceptors (Lipinski definition) is 3. The fourth-order valence-corrected chi connectivity index (χ4v) is 4.43. The van der Waals surface area contributed by atoms with Crippen molar-refractivity contribution in [2.45, 2.75) is 57.8 Å². The predicted octanol–water partition coefficient (Wildman–Crippen LogP) is 5.77. The number of amides is 1. The third kappa shape index (κ3) is 4.87. The molecular weight excluding hydrogens is 360 g/mol. The number of rotatable bonds is 3. The SMILES string of the molecule is O=C(Nc1cnc2c(c1C1=CC=CC=CC=C1)CCO2)C1CCCCCCCC1. The van der Waals surface area contributed by atoms with Crippen molar-refractivity contribution in [3.05, 3.63) is 59.9 Å². The minimum Gasteiger partial charge on any atom is -0.477 e. The summed E-state index contributed by atoms with van der Waals surface area (Å²) in [6, 6.07) is 0. The van der Waals surface area contributed by atoms with E-state index >= 15 is 0 Å². The molecule has 3 aliphatic rings. The van der Waals surface area contributed by atoms with Crippen LogP contribution in [0.1, 0.15) is 62.5 Å². The fraction of sp³-hybridized carbons (Fsp3) is 0.440. The van der Waals surface area contributed by atoms with Crippen LogP contribution in [-0.4, -0.2) is 17.5 Å². The van der Waals surface area contributed by atoms with E-state index in [4.69, 9.17) is 4.74 Å². The topological polar surface area (TPSA) is 51.2 Å². The van der Waals surface area contributed by atoms with Gasteiger partial charge >= 0.3 is 0 Å². The Bertz CT molecular complexity index is 854. The van der Waals surface area contributed by atoms with Gasteiger partial charge in [0.2, 0.25) is 11.8 Å². The van der Waals surface area contributed by atoms with E-state index in [0.717, 1.165) is 54.5 Å². The Hall–Kier alpha value is -2.62. The Kier molecular flexibility index (Phi) is 6.60. The van der Waals surface area contributed by atoms with E-state index in [-0.39, 0.29) is 11.8 Å². The monoisotopic (exact) mass is 390 g/mol. The molecule has 1 fully saturated rings. The first-order chi connectivity index (χ1) is 14.3. The Morgan fingerprint density at radius 1 is 0.966 bits per heavy atom. The molecule has 0 aromatic carbocycles. The zero-order chi connectivity index (χ0) is 19.9. The minimum atomic E-state index is 0.0927. The number of nitrogens with zero attached hydrogens (tertiary/aromatic N) is 1. The van der Waals surface area contributed by atoms with Gasteiger partial charge in [0.1, 0.15) is 0 Å². The molecular formula is C25H30N2O2. The molecule has 0 spiro atoms. The molecule has 0 unspecified atom stereocenters. The number of allylic oxidation sites excluding steroid dienone is 8. The molecule has 1 N–H and O–H groups in total. The third-order valence-corrected chi connectivity index (χ3v) is 6.00. The summed E-state index contributed by atoms with van der Waals surface area (Å²) in [5, 5.41) is 3.24. The second-order valence-electron chi connectivity index (χ2n) is 8.06. The molecule has 2 aliphatic carbocycles. The van der Waals surface area contributed by atoms with E-state index < -0.39 is 0 Å². The van der Waals surface area contributed by atoms with E-state index in [1.165, 1.54) is 25.7 Å². The average molecular weight is 391 g/mol. The van der Waals surface area contributed by atoms with Gasteiger partial charge in [-0.3, -0.25) is 4.79 Å². The largest absolute Gasteiger partial charge is 0.477 e. The van der Waals surface area contributed by atoms with Crippen molar-refractivity contribution in [3.63, 3.8) is 0 Å². The number of nitrogens with one attached hydrogen (secondary N) is 1. The average Bonchev–Trinajstić information content (AvgIpc) is 3.21. The maximum atomic E-state index is 13.2. The third-order valence-electron chi connectivity index (χ3n) is 6.00. The molecule has 4 rings (SSSR count). The number of carbonyl (C=O) groups excluding carboxylic acids is 1. The number of pyridine rings is 1. The Morgan fingerprint density at radius 3 is 2.52 bits per heavy atom. The highest BCUT2D eigenvalue weighted by molar-refractivity contribution is 5.97. The van der Waals surface area contributed by atoms with Gasteiger partial charge in [-0.1, -0.05) is 81.1 Å². The lowest BCUT2D eigenvalue weighted by molar-refractivity contribution is -0.120. The molecule has 0 radical (unpaired) electrons. The summed E-state index contributed by atoms with van der Waals surface area (Å²) >= 11 is 0. The first kappa shape index (κ1) is 19.7. The van der Waals surface area contributed by atoms with Crippen LogP contribution in [0.25, 0.3) is 5.57 Å². The van der Waals surface area contributed by atoms with E-state index in [1.54, 1.807) is 6.20 Å². The van der Waals surface area contributed by atoms with Crippen molar-refractivity contribution in [3.8, 4) is 5.88 Å². The highest BCUT2D eigenvalue weighted by atomic mass is 16.5. The van der Waals surface area contributed by atoms with Gasteiger partial charge in [-0.15, -0.1) is 0 Å². The molecule has 1 saturated carbocycles. The molecule has 2 heterocycles. The number of hydrogen-bond donors (Lipinski definition) is 1. The standard InChI is InChI=1S/C25H30N2O2/c28-24(20-14-10-4-1-2-5-11-15-20)27-22-18-26-25-21(16-17-29-25)23(22)19-12-8-6-3-7-9-13-19/h3,6-9,12-13,18,20H,1-2,4-5,10-11,14-17H2,(H,27,28). The lowest BCUT2D eigenvalue weighted by Gasteiger charge is -2.19. The first-order valence-electron chi connectivity index (χ1n) is 11.0. The fourth-order valence-electron chi connectivity index (χ4n) is 4.43. The van der Waals surface area contributed by atoms with E-state index in [0.29, 0.717) is 12.5 Å². The zero-order valence-corrected chi connectivity index (χ0v) is 17.0. The van der Waals surface area contributed by atoms with E-state index in [2.05, 4.69) is 22.5 Å². The van der Waals surface area contributed by atoms with E-state index in [1.807, 2.05) is 30.4 Å². The van der Waals surface area contributed by atoms with Crippen LogP contribution < -0.4 is 10.1 Å². The molecule has 4 heteroatoms. The molecule has 152 valence electrons. The molecule has 0 saturated heterocycles. The maximum Gasteiger partial charge on any atom is 0.227 e. The highest BCUT2D eigenvalue weighted by Gasteiger charge is 2.25. The lowest BCUT2D eigenvalue weighted by Crippen LogP contribution is -2.23. The van der Waals surface area contributed by atoms with Crippen molar-refractivity contribution >= 4 is 17.2 Å². The second kappa shape index (κ2) is 9.73. The summed E-state index contributed by atoms with van der Waals surface area (Å²) in [6.45, 7) is 0.641. The quantitative estimate of drug-likeness (QED) is 0.713. The normalized spacial score (nSPS) is 19.8. The number of fused-ring (bicyclic) bond motifs is 1. The van der Waals surface area contributed by atoms with E-state index in [9.17, 15) is 4.79 Å². The molecule has 1 aromatic heterocycles. The van der Waals surface area contributed by atoms with Gasteiger partial charge in [0.05, 0.1) is 18.5 Å². The Balaban J connectivity index is 1.62. The van der Waals surface area contributed by atoms with Crippen molar-refractivity contribution in [2.24, 2.45) is 5.92 Å². The molecule has 1 aromatic rings. The van der Waals surface area contributed by atoms with Crippen LogP contribution in [0.2, 0.25) is 0 Å². The van der Waals surface area contributed by atoms with Crippen LogP contribution >= 0.6 is 0 Å². The summed E-state index contributed by atoms with van der Waals surface area (Å²) in [6.07, 6.45) is 26.2. The Labute approximate surface area is 173 Å². The summed E-state index contributed by atoms with van der Waals surface area (Å²) in [5.74, 6) is 0.922. The first-order valence-corrected chi connectivity index (χ1v) is 11.0. The van der Waals surface area contributed by atoms with Gasteiger partial charge in [-0.2, -0.15) is 0 Å². The molecule has 0 bridgehead atoms. The summed E-state index contributed by atoms with van der Waals surface area (Å²) in [4.78, 5) is 17.7. The number of anilines is 1. The number of aromatic nitrogens is 1. The zero-order valence-electron chi connectivity index (χ0n) is 17.0. The van der Waals surface area contributed by atoms with Gasteiger partial charge in [-0.25, -0.2) is 4.98 Å². The van der Waals surface area contributed by atoms with Crippen LogP contribution in [0.4, 0.5) is 5.69 Å². The second-order valence-corrected chi connectivity index (χ2v) is 8.06. The van der Waals surface area contributed by atoms with Crippen LogP contribution in [0.5, 0.6) is 5.88 Å². The van der Waals surface area contributed by atoms with Crippen LogP contribution in [0.15, 0.2) is 48.7 Å². The maximum absolute atomic E-state index is 13.2. The van der Waals surface area contributed by atoms with Gasteiger partial charge < -0.3 is 10.1 Å². The van der Waals surface area contributed by atoms with Gasteiger partial charge in [0.25, 0.3) is 0 Å². The van der Waals surface area contributed by atoms with Crippen LogP contribution in [-0.2, 0) is 11.2 Å². The van der Waals surface area contributed by atoms with Gasteiger partial charge in [-0.05, 0) is 18.4 Å². The van der Waals surface area contributed by atoms with Crippen molar-refractivity contribution in [1.29, 1.82) is 0 Å². The predicted molar refractivity (Wildman–Crippen MR) is 118 cm³/mol. The smallest absolute Gasteiger partial charge is 0.227 e. The van der Waals surface area contributed by atoms with Gasteiger partial charge in [0.15, 0.2) is 0 Å². The molecule has 4 nitrogen and oxygen atoms in total. The highest BCUT2D eigenvalue weighted by Crippen LogP contribution is 2.37. The number of ether oxygens (including phenoxy) is 1. The molecule has 29 heavy (non-hydrogen) atoms. The Morgan fingerprint density at radius 2 is 1.69 bits per heavy atom. The van der Waals surface area contributed by atoms with Crippen molar-refractivity contribution in [1.82, 2.24) is 4.98 Å². The van der Waals surface area contributed by atoms with Gasteiger partial charge in [0, 0.05) is 23.5 Å². The number of carbonyl (C=O) groups is 1. The van der Waals surface area contributed by atoms with Crippen molar-refractivity contribution in [2.75, 3.05) is 11.9 Å². The lowest BCUT2D eigenvalue weighted by atomic mass is 9.94. The summed E-state index contributed by atoms with van der Waals surface area (Å²) in [7, 11) is 0. The molecule has 0 atom stereocenters. The van der Waals surface area contributed by atoms with Crippen molar-refractivity contribution < 1.29 is 9.53 Å². The summed E-state index contributed by atoms with van der Waals surface area (Å²) < 4.78 is 5.70.